The number of carbonyl (C=O) groups is 1. The maximum atomic E-state index is 11.7. The van der Waals surface area contributed by atoms with Crippen molar-refractivity contribution in [3.05, 3.63) is 29.8 Å². The number of rotatable bonds is 4. The minimum absolute atomic E-state index is 0.293. The molecule has 0 aliphatic rings. The van der Waals surface area contributed by atoms with E-state index in [4.69, 9.17) is 9.47 Å². The van der Waals surface area contributed by atoms with Crippen LogP contribution in [-0.2, 0) is 11.3 Å². The van der Waals surface area contributed by atoms with Crippen LogP contribution in [0.2, 0.25) is 0 Å². The second-order valence-corrected chi connectivity index (χ2v) is 3.72. The standard InChI is InChI=1S/C12H15N3O3/c1-13-7-10-14-11(12(16)18-3)9-6-8(17-2)4-5-15(9)10/h4-6,13H,7H2,1-3H3. The zero-order chi connectivity index (χ0) is 13.1. The molecule has 0 saturated carbocycles. The van der Waals surface area contributed by atoms with Crippen molar-refractivity contribution in [2.75, 3.05) is 21.3 Å². The van der Waals surface area contributed by atoms with Gasteiger partial charge in [-0.1, -0.05) is 0 Å². The third kappa shape index (κ3) is 2.02. The van der Waals surface area contributed by atoms with Crippen LogP contribution in [0.25, 0.3) is 5.52 Å². The summed E-state index contributed by atoms with van der Waals surface area (Å²) in [6, 6.07) is 3.58. The summed E-state index contributed by atoms with van der Waals surface area (Å²) in [4.78, 5) is 16.0. The number of hydrogen-bond donors (Lipinski definition) is 1. The number of ether oxygens (including phenoxy) is 2. The molecular weight excluding hydrogens is 234 g/mol. The van der Waals surface area contributed by atoms with Crippen LogP contribution in [-0.4, -0.2) is 36.6 Å². The van der Waals surface area contributed by atoms with Crippen molar-refractivity contribution in [3.63, 3.8) is 0 Å². The molecule has 18 heavy (non-hydrogen) atoms. The van der Waals surface area contributed by atoms with E-state index in [1.807, 2.05) is 23.7 Å². The molecule has 1 N–H and O–H groups in total. The van der Waals surface area contributed by atoms with Gasteiger partial charge in [-0.2, -0.15) is 0 Å². The van der Waals surface area contributed by atoms with E-state index in [0.717, 1.165) is 5.82 Å². The summed E-state index contributed by atoms with van der Waals surface area (Å²) in [5.74, 6) is 0.960. The fraction of sp³-hybridized carbons (Fsp3) is 0.333. The van der Waals surface area contributed by atoms with Crippen LogP contribution >= 0.6 is 0 Å². The molecule has 0 radical (unpaired) electrons. The van der Waals surface area contributed by atoms with Crippen LogP contribution in [0.1, 0.15) is 16.3 Å². The first-order valence-corrected chi connectivity index (χ1v) is 5.49. The van der Waals surface area contributed by atoms with Gasteiger partial charge in [-0.05, 0) is 13.1 Å². The van der Waals surface area contributed by atoms with Crippen molar-refractivity contribution in [1.82, 2.24) is 14.7 Å². The normalized spacial score (nSPS) is 10.6. The largest absolute Gasteiger partial charge is 0.497 e. The Kier molecular flexibility index (Phi) is 3.47. The maximum Gasteiger partial charge on any atom is 0.358 e. The Morgan fingerprint density at radius 3 is 2.89 bits per heavy atom. The van der Waals surface area contributed by atoms with Crippen LogP contribution in [0.15, 0.2) is 18.3 Å². The lowest BCUT2D eigenvalue weighted by atomic mass is 10.3. The van der Waals surface area contributed by atoms with Gasteiger partial charge in [0.1, 0.15) is 11.6 Å². The number of esters is 1. The fourth-order valence-electron chi connectivity index (χ4n) is 1.79. The van der Waals surface area contributed by atoms with E-state index in [0.29, 0.717) is 23.5 Å². The molecule has 0 aromatic carbocycles. The number of nitrogens with one attached hydrogen (secondary N) is 1. The van der Waals surface area contributed by atoms with E-state index in [1.54, 1.807) is 13.2 Å². The quantitative estimate of drug-likeness (QED) is 0.814. The summed E-state index contributed by atoms with van der Waals surface area (Å²) in [6.07, 6.45) is 1.82. The summed E-state index contributed by atoms with van der Waals surface area (Å²) in [6.45, 7) is 0.560. The Bertz CT molecular complexity index is 577. The van der Waals surface area contributed by atoms with Crippen molar-refractivity contribution < 1.29 is 14.3 Å². The van der Waals surface area contributed by atoms with E-state index < -0.39 is 5.97 Å². The summed E-state index contributed by atoms with van der Waals surface area (Å²) in [7, 11) is 4.74. The van der Waals surface area contributed by atoms with Gasteiger partial charge < -0.3 is 19.2 Å². The monoisotopic (exact) mass is 249 g/mol. The third-order valence-electron chi connectivity index (χ3n) is 2.64. The van der Waals surface area contributed by atoms with Gasteiger partial charge in [-0.25, -0.2) is 9.78 Å². The predicted octanol–water partition coefficient (Wildman–Crippen LogP) is 0.849. The average molecular weight is 249 g/mol. The minimum atomic E-state index is -0.455. The second kappa shape index (κ2) is 5.05. The van der Waals surface area contributed by atoms with E-state index in [-0.39, 0.29) is 0 Å². The molecule has 2 heterocycles. The van der Waals surface area contributed by atoms with Crippen LogP contribution in [0.5, 0.6) is 5.75 Å². The van der Waals surface area contributed by atoms with Gasteiger partial charge >= 0.3 is 5.97 Å². The Morgan fingerprint density at radius 2 is 2.28 bits per heavy atom. The lowest BCUT2D eigenvalue weighted by Gasteiger charge is -2.03. The van der Waals surface area contributed by atoms with Crippen LogP contribution in [0.3, 0.4) is 0 Å². The van der Waals surface area contributed by atoms with Crippen molar-refractivity contribution >= 4 is 11.5 Å². The van der Waals surface area contributed by atoms with E-state index >= 15 is 0 Å². The molecule has 0 fully saturated rings. The first kappa shape index (κ1) is 12.4. The van der Waals surface area contributed by atoms with E-state index in [2.05, 4.69) is 10.3 Å². The second-order valence-electron chi connectivity index (χ2n) is 3.72. The zero-order valence-electron chi connectivity index (χ0n) is 10.6. The molecular formula is C12H15N3O3. The molecule has 2 aromatic rings. The van der Waals surface area contributed by atoms with Crippen LogP contribution in [0, 0.1) is 0 Å². The topological polar surface area (TPSA) is 64.9 Å². The number of nitrogens with zero attached hydrogens (tertiary/aromatic N) is 2. The van der Waals surface area contributed by atoms with Gasteiger partial charge in [-0.3, -0.25) is 0 Å². The fourth-order valence-corrected chi connectivity index (χ4v) is 1.79. The third-order valence-corrected chi connectivity index (χ3v) is 2.64. The van der Waals surface area contributed by atoms with Gasteiger partial charge in [0, 0.05) is 12.3 Å². The molecule has 0 amide bonds. The summed E-state index contributed by atoms with van der Waals surface area (Å²) < 4.78 is 11.7. The smallest absolute Gasteiger partial charge is 0.358 e. The molecule has 6 heteroatoms. The lowest BCUT2D eigenvalue weighted by molar-refractivity contribution is 0.0597. The highest BCUT2D eigenvalue weighted by atomic mass is 16.5. The van der Waals surface area contributed by atoms with Crippen LogP contribution < -0.4 is 10.1 Å². The van der Waals surface area contributed by atoms with Crippen molar-refractivity contribution in [3.8, 4) is 5.75 Å². The van der Waals surface area contributed by atoms with Crippen LogP contribution in [0.4, 0.5) is 0 Å². The molecule has 0 atom stereocenters. The molecule has 0 saturated heterocycles. The Morgan fingerprint density at radius 1 is 1.50 bits per heavy atom. The maximum absolute atomic E-state index is 11.7. The Labute approximate surface area is 105 Å². The number of imidazole rings is 1. The summed E-state index contributed by atoms with van der Waals surface area (Å²) in [5, 5.41) is 3.01. The Balaban J connectivity index is 2.64. The van der Waals surface area contributed by atoms with Gasteiger partial charge in [0.2, 0.25) is 0 Å². The SMILES string of the molecule is CNCc1nc(C(=O)OC)c2cc(OC)ccn12. The van der Waals surface area contributed by atoms with Crippen molar-refractivity contribution in [1.29, 1.82) is 0 Å². The molecule has 0 aliphatic heterocycles. The number of fused-ring (bicyclic) bond motifs is 1. The average Bonchev–Trinajstić information content (AvgIpc) is 2.76. The van der Waals surface area contributed by atoms with E-state index in [9.17, 15) is 4.79 Å². The minimum Gasteiger partial charge on any atom is -0.497 e. The number of hydrogen-bond acceptors (Lipinski definition) is 5. The number of carbonyl (C=O) groups excluding carboxylic acids is 1. The number of pyridine rings is 1. The van der Waals surface area contributed by atoms with Crippen molar-refractivity contribution in [2.45, 2.75) is 6.54 Å². The first-order chi connectivity index (χ1) is 8.71. The van der Waals surface area contributed by atoms with Gasteiger partial charge in [0.25, 0.3) is 0 Å². The predicted molar refractivity (Wildman–Crippen MR) is 65.8 cm³/mol. The van der Waals surface area contributed by atoms with Gasteiger partial charge in [0.15, 0.2) is 5.69 Å². The Hall–Kier alpha value is -2.08. The molecule has 0 bridgehead atoms. The van der Waals surface area contributed by atoms with Crippen molar-refractivity contribution in [2.24, 2.45) is 0 Å². The molecule has 2 rings (SSSR count). The zero-order valence-corrected chi connectivity index (χ0v) is 10.6. The summed E-state index contributed by atoms with van der Waals surface area (Å²) in [5.41, 5.74) is 0.966. The number of aromatic nitrogens is 2. The highest BCUT2D eigenvalue weighted by Crippen LogP contribution is 2.20. The van der Waals surface area contributed by atoms with Gasteiger partial charge in [-0.15, -0.1) is 0 Å². The molecule has 2 aromatic heterocycles. The molecule has 0 unspecified atom stereocenters. The molecule has 0 spiro atoms. The number of methoxy groups -OCH3 is 2. The van der Waals surface area contributed by atoms with Gasteiger partial charge in [0.05, 0.1) is 26.3 Å². The highest BCUT2D eigenvalue weighted by molar-refractivity contribution is 5.95. The van der Waals surface area contributed by atoms with E-state index in [1.165, 1.54) is 7.11 Å². The molecule has 96 valence electrons. The first-order valence-electron chi connectivity index (χ1n) is 5.49. The lowest BCUT2D eigenvalue weighted by Crippen LogP contribution is -2.09. The highest BCUT2D eigenvalue weighted by Gasteiger charge is 2.18. The molecule has 0 aliphatic carbocycles. The summed E-state index contributed by atoms with van der Waals surface area (Å²) >= 11 is 0. The molecule has 6 nitrogen and oxygen atoms in total.